The van der Waals surface area contributed by atoms with Gasteiger partial charge in [-0.05, 0) is 25.7 Å². The molecule has 3 heteroatoms. The van der Waals surface area contributed by atoms with Crippen LogP contribution >= 0.6 is 0 Å². The van der Waals surface area contributed by atoms with E-state index in [2.05, 4.69) is 6.92 Å². The van der Waals surface area contributed by atoms with Crippen LogP contribution in [-0.2, 0) is 14.3 Å². The van der Waals surface area contributed by atoms with Gasteiger partial charge in [0.2, 0.25) is 0 Å². The number of carbonyl (C=O) groups excluding carboxylic acids is 1. The number of esters is 1. The average Bonchev–Trinajstić information content (AvgIpc) is 2.34. The van der Waals surface area contributed by atoms with Crippen molar-refractivity contribution in [3.8, 4) is 0 Å². The molecule has 3 nitrogen and oxygen atoms in total. The number of unbranched alkanes of at least 4 members (excludes halogenated alkanes) is 5. The molecule has 0 radical (unpaired) electrons. The maximum Gasteiger partial charge on any atom is 0.308 e. The van der Waals surface area contributed by atoms with Crippen LogP contribution in [-0.4, -0.2) is 25.3 Å². The van der Waals surface area contributed by atoms with Crippen molar-refractivity contribution in [1.29, 1.82) is 0 Å². The number of hydrogen-bond donors (Lipinski definition) is 0. The summed E-state index contributed by atoms with van der Waals surface area (Å²) in [6, 6.07) is 0. The summed E-state index contributed by atoms with van der Waals surface area (Å²) in [7, 11) is 1.45. The second kappa shape index (κ2) is 8.52. The first-order valence-electron chi connectivity index (χ1n) is 7.43. The molecule has 0 atom stereocenters. The molecule has 0 amide bonds. The molecule has 0 aromatic heterocycles. The van der Waals surface area contributed by atoms with Gasteiger partial charge in [0.1, 0.15) is 0 Å². The third-order valence-corrected chi connectivity index (χ3v) is 3.87. The fraction of sp³-hybridized carbons (Fsp3) is 0.933. The lowest BCUT2D eigenvalue weighted by Crippen LogP contribution is -2.42. The highest BCUT2D eigenvalue weighted by Crippen LogP contribution is 2.39. The minimum Gasteiger partial charge on any atom is -0.469 e. The Morgan fingerprint density at radius 3 is 2.33 bits per heavy atom. The van der Waals surface area contributed by atoms with Crippen LogP contribution in [0.25, 0.3) is 0 Å². The molecule has 0 heterocycles. The minimum absolute atomic E-state index is 0.141. The predicted octanol–water partition coefficient (Wildman–Crippen LogP) is 3.85. The third-order valence-electron chi connectivity index (χ3n) is 3.87. The molecule has 0 spiro atoms. The smallest absolute Gasteiger partial charge is 0.308 e. The lowest BCUT2D eigenvalue weighted by molar-refractivity contribution is -0.157. The van der Waals surface area contributed by atoms with Crippen LogP contribution < -0.4 is 0 Å². The second-order valence-electron chi connectivity index (χ2n) is 5.41. The molecule has 1 fully saturated rings. The molecule has 0 N–H and O–H groups in total. The first-order valence-corrected chi connectivity index (χ1v) is 7.43. The molecule has 1 aliphatic carbocycles. The van der Waals surface area contributed by atoms with Crippen molar-refractivity contribution in [3.63, 3.8) is 0 Å². The highest BCUT2D eigenvalue weighted by molar-refractivity contribution is 5.70. The van der Waals surface area contributed by atoms with E-state index in [0.717, 1.165) is 25.9 Å². The lowest BCUT2D eigenvalue weighted by Gasteiger charge is -2.40. The van der Waals surface area contributed by atoms with Gasteiger partial charge >= 0.3 is 5.97 Å². The maximum absolute atomic E-state index is 11.3. The van der Waals surface area contributed by atoms with Gasteiger partial charge in [-0.15, -0.1) is 0 Å². The van der Waals surface area contributed by atoms with Crippen LogP contribution in [0.4, 0.5) is 0 Å². The first-order chi connectivity index (χ1) is 8.72. The molecule has 0 aliphatic heterocycles. The summed E-state index contributed by atoms with van der Waals surface area (Å²) in [6.45, 7) is 3.03. The van der Waals surface area contributed by atoms with Crippen molar-refractivity contribution in [1.82, 2.24) is 0 Å². The topological polar surface area (TPSA) is 35.5 Å². The minimum atomic E-state index is -0.184. The van der Waals surface area contributed by atoms with Crippen molar-refractivity contribution in [3.05, 3.63) is 0 Å². The van der Waals surface area contributed by atoms with E-state index in [9.17, 15) is 4.79 Å². The van der Waals surface area contributed by atoms with E-state index in [1.54, 1.807) is 0 Å². The molecule has 0 unspecified atom stereocenters. The molecule has 0 aromatic carbocycles. The summed E-state index contributed by atoms with van der Waals surface area (Å²) in [5.74, 6) is -0.141. The van der Waals surface area contributed by atoms with E-state index in [4.69, 9.17) is 9.47 Å². The lowest BCUT2D eigenvalue weighted by atomic mass is 9.77. The summed E-state index contributed by atoms with van der Waals surface area (Å²) in [5, 5.41) is 0. The Morgan fingerprint density at radius 1 is 1.11 bits per heavy atom. The van der Waals surface area contributed by atoms with Gasteiger partial charge in [0.15, 0.2) is 0 Å². The number of hydrogen-bond acceptors (Lipinski definition) is 3. The van der Waals surface area contributed by atoms with Gasteiger partial charge in [0.25, 0.3) is 0 Å². The molecule has 1 aliphatic rings. The summed E-state index contributed by atoms with van der Waals surface area (Å²) in [6.07, 6.45) is 11.3. The van der Waals surface area contributed by atoms with Gasteiger partial charge in [0.05, 0.1) is 19.1 Å². The Hall–Kier alpha value is -0.570. The standard InChI is InChI=1S/C15H28O3/c1-3-4-5-6-7-8-12-18-15(10-9-11-15)13-14(16)17-2/h3-13H2,1-2H3. The SMILES string of the molecule is CCCCCCCCOC1(CC(=O)OC)CCC1. The predicted molar refractivity (Wildman–Crippen MR) is 72.5 cm³/mol. The zero-order chi connectivity index (χ0) is 13.3. The Bertz CT molecular complexity index is 234. The van der Waals surface area contributed by atoms with Crippen LogP contribution in [0.1, 0.15) is 71.1 Å². The fourth-order valence-corrected chi connectivity index (χ4v) is 2.45. The van der Waals surface area contributed by atoms with E-state index < -0.39 is 0 Å². The van der Waals surface area contributed by atoms with E-state index in [-0.39, 0.29) is 11.6 Å². The molecule has 106 valence electrons. The van der Waals surface area contributed by atoms with Crippen molar-refractivity contribution < 1.29 is 14.3 Å². The Balaban J connectivity index is 2.07. The number of ether oxygens (including phenoxy) is 2. The molecular formula is C15H28O3. The number of rotatable bonds is 10. The van der Waals surface area contributed by atoms with Gasteiger partial charge in [-0.1, -0.05) is 39.0 Å². The van der Waals surface area contributed by atoms with Crippen molar-refractivity contribution in [2.75, 3.05) is 13.7 Å². The monoisotopic (exact) mass is 256 g/mol. The van der Waals surface area contributed by atoms with Crippen LogP contribution in [0.3, 0.4) is 0 Å². The Kier molecular flexibility index (Phi) is 7.33. The largest absolute Gasteiger partial charge is 0.469 e. The van der Waals surface area contributed by atoms with E-state index in [0.29, 0.717) is 6.42 Å². The van der Waals surface area contributed by atoms with E-state index in [1.165, 1.54) is 45.6 Å². The molecule has 1 saturated carbocycles. The van der Waals surface area contributed by atoms with Crippen molar-refractivity contribution in [2.45, 2.75) is 76.7 Å². The van der Waals surface area contributed by atoms with Gasteiger partial charge in [0, 0.05) is 6.61 Å². The van der Waals surface area contributed by atoms with Crippen LogP contribution in [0, 0.1) is 0 Å². The first kappa shape index (κ1) is 15.5. The molecule has 0 saturated heterocycles. The zero-order valence-corrected chi connectivity index (χ0v) is 12.0. The Morgan fingerprint density at radius 2 is 1.78 bits per heavy atom. The molecule has 18 heavy (non-hydrogen) atoms. The maximum atomic E-state index is 11.3. The normalized spacial score (nSPS) is 17.2. The second-order valence-corrected chi connectivity index (χ2v) is 5.41. The molecule has 1 rings (SSSR count). The zero-order valence-electron chi connectivity index (χ0n) is 12.0. The van der Waals surface area contributed by atoms with Crippen molar-refractivity contribution >= 4 is 5.97 Å². The molecule has 0 bridgehead atoms. The third kappa shape index (κ3) is 5.38. The van der Waals surface area contributed by atoms with Crippen LogP contribution in [0.15, 0.2) is 0 Å². The van der Waals surface area contributed by atoms with Gasteiger partial charge < -0.3 is 9.47 Å². The quantitative estimate of drug-likeness (QED) is 0.440. The van der Waals surface area contributed by atoms with Gasteiger partial charge in [-0.25, -0.2) is 0 Å². The molecule has 0 aromatic rings. The Labute approximate surface area is 111 Å². The van der Waals surface area contributed by atoms with Crippen molar-refractivity contribution in [2.24, 2.45) is 0 Å². The summed E-state index contributed by atoms with van der Waals surface area (Å²) < 4.78 is 10.7. The highest BCUT2D eigenvalue weighted by Gasteiger charge is 2.40. The molecular weight excluding hydrogens is 228 g/mol. The average molecular weight is 256 g/mol. The number of methoxy groups -OCH3 is 1. The van der Waals surface area contributed by atoms with E-state index in [1.807, 2.05) is 0 Å². The van der Waals surface area contributed by atoms with Gasteiger partial charge in [-0.2, -0.15) is 0 Å². The van der Waals surface area contributed by atoms with Crippen LogP contribution in [0.2, 0.25) is 0 Å². The number of carbonyl (C=O) groups is 1. The van der Waals surface area contributed by atoms with Crippen LogP contribution in [0.5, 0.6) is 0 Å². The summed E-state index contributed by atoms with van der Waals surface area (Å²) in [4.78, 5) is 11.3. The summed E-state index contributed by atoms with van der Waals surface area (Å²) in [5.41, 5.74) is -0.184. The van der Waals surface area contributed by atoms with E-state index >= 15 is 0 Å². The fourth-order valence-electron chi connectivity index (χ4n) is 2.45. The van der Waals surface area contributed by atoms with Gasteiger partial charge in [-0.3, -0.25) is 4.79 Å². The summed E-state index contributed by atoms with van der Waals surface area (Å²) >= 11 is 0. The highest BCUT2D eigenvalue weighted by atomic mass is 16.5.